The van der Waals surface area contributed by atoms with Crippen molar-refractivity contribution in [3.63, 3.8) is 0 Å². The van der Waals surface area contributed by atoms with Crippen LogP contribution in [0.3, 0.4) is 0 Å². The van der Waals surface area contributed by atoms with Crippen molar-refractivity contribution in [2.45, 2.75) is 33.2 Å². The van der Waals surface area contributed by atoms with Gasteiger partial charge in [0.05, 0.1) is 12.1 Å². The van der Waals surface area contributed by atoms with Gasteiger partial charge in [-0.15, -0.1) is 0 Å². The van der Waals surface area contributed by atoms with Crippen molar-refractivity contribution in [2.24, 2.45) is 7.05 Å². The average Bonchev–Trinajstić information content (AvgIpc) is 2.35. The van der Waals surface area contributed by atoms with Gasteiger partial charge in [0.1, 0.15) is 0 Å². The Hall–Kier alpha value is -2.25. The van der Waals surface area contributed by atoms with Gasteiger partial charge in [-0.2, -0.15) is 9.67 Å². The second-order valence-corrected chi connectivity index (χ2v) is 4.34. The summed E-state index contributed by atoms with van der Waals surface area (Å²) >= 11 is 0. The van der Waals surface area contributed by atoms with Gasteiger partial charge in [0, 0.05) is 13.5 Å². The molecule has 2 aliphatic heterocycles. The van der Waals surface area contributed by atoms with Crippen molar-refractivity contribution >= 4 is 0 Å². The van der Waals surface area contributed by atoms with E-state index in [1.807, 2.05) is 6.92 Å². The fourth-order valence-corrected chi connectivity index (χ4v) is 1.90. The lowest BCUT2D eigenvalue weighted by atomic mass is 10.3. The molecule has 0 fully saturated rings. The molecule has 0 aliphatic carbocycles. The zero-order chi connectivity index (χ0) is 14.2. The van der Waals surface area contributed by atoms with Gasteiger partial charge >= 0.3 is 17.1 Å². The van der Waals surface area contributed by atoms with Gasteiger partial charge in [-0.3, -0.25) is 9.36 Å². The summed E-state index contributed by atoms with van der Waals surface area (Å²) in [6.45, 7) is 3.71. The molecule has 0 aromatic carbocycles. The van der Waals surface area contributed by atoms with E-state index in [4.69, 9.17) is 0 Å². The summed E-state index contributed by atoms with van der Waals surface area (Å²) in [5.41, 5.74) is -1.41. The van der Waals surface area contributed by atoms with Crippen molar-refractivity contribution in [2.75, 3.05) is 0 Å². The first-order valence-corrected chi connectivity index (χ1v) is 6.05. The van der Waals surface area contributed by atoms with Crippen LogP contribution in [0.25, 0.3) is 11.5 Å². The number of aryl methyl sites for hydroxylation is 2. The van der Waals surface area contributed by atoms with Crippen LogP contribution >= 0.6 is 0 Å². The maximum Gasteiger partial charge on any atom is 0.352 e. The lowest BCUT2D eigenvalue weighted by molar-refractivity contribution is -0.607. The van der Waals surface area contributed by atoms with Crippen LogP contribution in [0.2, 0.25) is 0 Å². The Bertz CT molecular complexity index is 703. The van der Waals surface area contributed by atoms with Gasteiger partial charge in [-0.05, 0) is 6.42 Å². The molecule has 2 heterocycles. The average molecular weight is 265 g/mol. The highest BCUT2D eigenvalue weighted by Crippen LogP contribution is 2.05. The Balaban J connectivity index is 2.83. The maximum absolute atomic E-state index is 12.2. The topological polar surface area (TPSA) is 96.7 Å². The fourth-order valence-electron chi connectivity index (χ4n) is 1.90. The summed E-state index contributed by atoms with van der Waals surface area (Å²) in [4.78, 5) is 27.8. The maximum atomic E-state index is 12.2. The van der Waals surface area contributed by atoms with E-state index in [1.165, 1.54) is 18.7 Å². The highest BCUT2D eigenvalue weighted by molar-refractivity contribution is 5.43. The molecule has 0 saturated heterocycles. The number of fused-ring (bicyclic) bond motifs is 1. The van der Waals surface area contributed by atoms with E-state index >= 15 is 0 Å². The first-order valence-electron chi connectivity index (χ1n) is 6.05. The Kier molecular flexibility index (Phi) is 3.32. The van der Waals surface area contributed by atoms with Crippen LogP contribution in [0.5, 0.6) is 0 Å². The van der Waals surface area contributed by atoms with Gasteiger partial charge < -0.3 is 5.21 Å². The molecule has 0 bridgehead atoms. The minimum Gasteiger partial charge on any atom is -0.710 e. The van der Waals surface area contributed by atoms with Crippen molar-refractivity contribution in [3.05, 3.63) is 31.9 Å². The second kappa shape index (κ2) is 4.79. The Labute approximate surface area is 108 Å². The predicted molar refractivity (Wildman–Crippen MR) is 66.8 cm³/mol. The molecule has 0 amide bonds. The first-order chi connectivity index (χ1) is 8.97. The van der Waals surface area contributed by atoms with Gasteiger partial charge in [0.2, 0.25) is 11.5 Å². The quantitative estimate of drug-likeness (QED) is 0.533. The number of unbranched alkanes of at least 4 members (excludes halogenated alkanes) is 1. The third-order valence-corrected chi connectivity index (χ3v) is 2.93. The van der Waals surface area contributed by atoms with Crippen LogP contribution in [0.15, 0.2) is 9.59 Å². The van der Waals surface area contributed by atoms with Crippen LogP contribution in [0.1, 0.15) is 25.6 Å². The van der Waals surface area contributed by atoms with E-state index < -0.39 is 11.2 Å². The minimum absolute atomic E-state index is 0.00310. The fraction of sp³-hybridized carbons (Fsp3) is 0.545. The number of aromatic nitrogens is 5. The van der Waals surface area contributed by atoms with Gasteiger partial charge in [0.25, 0.3) is 0 Å². The summed E-state index contributed by atoms with van der Waals surface area (Å²) < 4.78 is 2.69. The molecule has 0 radical (unpaired) electrons. The third-order valence-electron chi connectivity index (χ3n) is 2.93. The van der Waals surface area contributed by atoms with E-state index in [0.29, 0.717) is 11.2 Å². The Morgan fingerprint density at radius 1 is 1.37 bits per heavy atom. The SMILES string of the molecule is CCCCn1c(=O)nc2n(C)nc(C)[n+]([O-])c-2c1=O. The van der Waals surface area contributed by atoms with Crippen LogP contribution in [-0.2, 0) is 13.6 Å². The number of hydrogen-bond donors (Lipinski definition) is 0. The minimum atomic E-state index is -0.646. The van der Waals surface area contributed by atoms with Crippen molar-refractivity contribution in [3.8, 4) is 11.5 Å². The lowest BCUT2D eigenvalue weighted by Crippen LogP contribution is -2.48. The molecule has 2 aliphatic rings. The largest absolute Gasteiger partial charge is 0.710 e. The lowest BCUT2D eigenvalue weighted by Gasteiger charge is -2.13. The van der Waals surface area contributed by atoms with Crippen molar-refractivity contribution < 1.29 is 4.73 Å². The molecule has 8 nitrogen and oxygen atoms in total. The van der Waals surface area contributed by atoms with Crippen LogP contribution < -0.4 is 16.0 Å². The Morgan fingerprint density at radius 3 is 2.68 bits per heavy atom. The van der Waals surface area contributed by atoms with Gasteiger partial charge in [-0.25, -0.2) is 9.52 Å². The molecule has 2 rings (SSSR count). The van der Waals surface area contributed by atoms with Crippen LogP contribution in [0, 0.1) is 12.1 Å². The third kappa shape index (κ3) is 2.09. The number of rotatable bonds is 3. The molecule has 102 valence electrons. The first kappa shape index (κ1) is 13.2. The smallest absolute Gasteiger partial charge is 0.352 e. The second-order valence-electron chi connectivity index (χ2n) is 4.34. The molecule has 0 aromatic rings. The predicted octanol–water partition coefficient (Wildman–Crippen LogP) is -0.816. The molecule has 8 heteroatoms. The molecule has 19 heavy (non-hydrogen) atoms. The monoisotopic (exact) mass is 265 g/mol. The normalized spacial score (nSPS) is 11.1. The summed E-state index contributed by atoms with van der Waals surface area (Å²) in [6.07, 6.45) is 1.52. The Morgan fingerprint density at radius 2 is 2.05 bits per heavy atom. The van der Waals surface area contributed by atoms with E-state index in [-0.39, 0.29) is 23.9 Å². The zero-order valence-electron chi connectivity index (χ0n) is 11.1. The van der Waals surface area contributed by atoms with Crippen molar-refractivity contribution in [1.29, 1.82) is 0 Å². The van der Waals surface area contributed by atoms with Gasteiger partial charge in [0.15, 0.2) is 0 Å². The molecule has 0 saturated carbocycles. The summed E-state index contributed by atoms with van der Waals surface area (Å²) in [7, 11) is 1.54. The zero-order valence-corrected chi connectivity index (χ0v) is 11.1. The van der Waals surface area contributed by atoms with Crippen molar-refractivity contribution in [1.82, 2.24) is 19.3 Å². The number of hydrogen-bond acceptors (Lipinski definition) is 5. The summed E-state index contributed by atoms with van der Waals surface area (Å²) in [5.74, 6) is 0.137. The van der Waals surface area contributed by atoms with E-state index in [9.17, 15) is 14.8 Å². The summed E-state index contributed by atoms with van der Waals surface area (Å²) in [5, 5.41) is 15.8. The van der Waals surface area contributed by atoms with E-state index in [1.54, 1.807) is 0 Å². The van der Waals surface area contributed by atoms with Crippen LogP contribution in [-0.4, -0.2) is 19.3 Å². The molecule has 0 unspecified atom stereocenters. The molecule has 0 atom stereocenters. The molecule has 0 spiro atoms. The van der Waals surface area contributed by atoms with Crippen LogP contribution in [0.4, 0.5) is 0 Å². The molecule has 0 aromatic heterocycles. The van der Waals surface area contributed by atoms with Gasteiger partial charge in [-0.1, -0.05) is 13.3 Å². The number of nitrogens with zero attached hydrogens (tertiary/aromatic N) is 5. The van der Waals surface area contributed by atoms with E-state index in [0.717, 1.165) is 11.0 Å². The van der Waals surface area contributed by atoms with E-state index in [2.05, 4.69) is 10.1 Å². The standard InChI is InChI=1S/C11H15N5O3/c1-4-5-6-15-10(17)8-9(12-11(15)18)14(3)13-7(2)16(8)19/h4-6H2,1-3H3. The molecule has 0 N–H and O–H groups in total. The summed E-state index contributed by atoms with van der Waals surface area (Å²) in [6, 6.07) is 0. The highest BCUT2D eigenvalue weighted by atomic mass is 16.5. The highest BCUT2D eigenvalue weighted by Gasteiger charge is 2.25. The molecular weight excluding hydrogens is 250 g/mol. The molecular formula is C11H15N5O3.